The Bertz CT molecular complexity index is 237. The Balaban J connectivity index is 2.67. The molecule has 1 heterocycles. The fraction of sp³-hybridized carbons (Fsp3) is 0.250. The van der Waals surface area contributed by atoms with Gasteiger partial charge in [-0.15, -0.1) is 11.3 Å². The number of halogens is 1. The molecule has 0 saturated carbocycles. The molecular formula is C8H9FS. The van der Waals surface area contributed by atoms with Gasteiger partial charge in [-0.25, -0.2) is 4.39 Å². The van der Waals surface area contributed by atoms with Gasteiger partial charge in [0.1, 0.15) is 0 Å². The van der Waals surface area contributed by atoms with Gasteiger partial charge in [-0.2, -0.15) is 0 Å². The second-order valence-corrected chi connectivity index (χ2v) is 3.58. The molecule has 0 aliphatic rings. The molecule has 10 heavy (non-hydrogen) atoms. The molecule has 0 spiro atoms. The summed E-state index contributed by atoms with van der Waals surface area (Å²) in [6.45, 7) is 5.21. The first-order valence-corrected chi connectivity index (χ1v) is 3.89. The minimum absolute atomic E-state index is 0.262. The summed E-state index contributed by atoms with van der Waals surface area (Å²) in [5.74, 6) is -0.262. The average Bonchev–Trinajstić information content (AvgIpc) is 2.13. The number of thiophene rings is 1. The molecule has 1 aromatic heterocycles. The molecule has 0 bridgehead atoms. The van der Waals surface area contributed by atoms with Crippen molar-refractivity contribution in [1.29, 1.82) is 0 Å². The van der Waals surface area contributed by atoms with E-state index in [1.165, 1.54) is 4.88 Å². The molecule has 1 rings (SSSR count). The zero-order chi connectivity index (χ0) is 7.56. The number of aryl methyl sites for hydroxylation is 1. The average molecular weight is 156 g/mol. The molecule has 0 amide bonds. The predicted octanol–water partition coefficient (Wildman–Crippen LogP) is 3.08. The Morgan fingerprint density at radius 1 is 1.70 bits per heavy atom. The van der Waals surface area contributed by atoms with Gasteiger partial charge in [-0.3, -0.25) is 0 Å². The van der Waals surface area contributed by atoms with Gasteiger partial charge in [-0.05, 0) is 19.1 Å². The molecule has 0 fully saturated rings. The van der Waals surface area contributed by atoms with Crippen molar-refractivity contribution in [2.45, 2.75) is 13.3 Å². The van der Waals surface area contributed by atoms with Crippen molar-refractivity contribution in [2.75, 3.05) is 0 Å². The molecule has 0 aromatic carbocycles. The maximum atomic E-state index is 12.2. The van der Waals surface area contributed by atoms with Crippen molar-refractivity contribution in [3.63, 3.8) is 0 Å². The smallest absolute Gasteiger partial charge is 0.0980 e. The second kappa shape index (κ2) is 2.97. The third kappa shape index (κ3) is 1.95. The van der Waals surface area contributed by atoms with Gasteiger partial charge in [-0.1, -0.05) is 6.58 Å². The number of hydrogen-bond donors (Lipinski definition) is 0. The van der Waals surface area contributed by atoms with Gasteiger partial charge in [0.15, 0.2) is 0 Å². The lowest BCUT2D eigenvalue weighted by molar-refractivity contribution is 0.619. The van der Waals surface area contributed by atoms with Crippen LogP contribution in [0.5, 0.6) is 0 Å². The van der Waals surface area contributed by atoms with Gasteiger partial charge in [0.2, 0.25) is 0 Å². The Morgan fingerprint density at radius 2 is 2.40 bits per heavy atom. The predicted molar refractivity (Wildman–Crippen MR) is 43.0 cm³/mol. The molecule has 54 valence electrons. The third-order valence-corrected chi connectivity index (χ3v) is 2.16. The first-order valence-electron chi connectivity index (χ1n) is 3.07. The lowest BCUT2D eigenvalue weighted by Gasteiger charge is -1.88. The van der Waals surface area contributed by atoms with Crippen molar-refractivity contribution >= 4 is 11.3 Å². The highest BCUT2D eigenvalue weighted by Gasteiger charge is 1.97. The fourth-order valence-electron chi connectivity index (χ4n) is 0.769. The van der Waals surface area contributed by atoms with Crippen LogP contribution in [0.25, 0.3) is 0 Å². The molecule has 0 atom stereocenters. The van der Waals surface area contributed by atoms with Crippen LogP contribution in [0.1, 0.15) is 9.75 Å². The molecule has 0 aliphatic heterocycles. The van der Waals surface area contributed by atoms with Crippen LogP contribution in [0.2, 0.25) is 0 Å². The molecule has 0 N–H and O–H groups in total. The van der Waals surface area contributed by atoms with Crippen molar-refractivity contribution in [1.82, 2.24) is 0 Å². The van der Waals surface area contributed by atoms with E-state index in [1.807, 2.05) is 19.1 Å². The molecule has 0 saturated heterocycles. The number of allylic oxidation sites excluding steroid dienone is 1. The summed E-state index contributed by atoms with van der Waals surface area (Å²) in [4.78, 5) is 2.27. The van der Waals surface area contributed by atoms with Crippen LogP contribution in [0.15, 0.2) is 24.5 Å². The van der Waals surface area contributed by atoms with Crippen molar-refractivity contribution in [3.05, 3.63) is 34.3 Å². The largest absolute Gasteiger partial charge is 0.212 e. The lowest BCUT2D eigenvalue weighted by Crippen LogP contribution is -1.75. The van der Waals surface area contributed by atoms with Crippen LogP contribution in [0.3, 0.4) is 0 Å². The van der Waals surface area contributed by atoms with Gasteiger partial charge < -0.3 is 0 Å². The van der Waals surface area contributed by atoms with E-state index in [4.69, 9.17) is 0 Å². The van der Waals surface area contributed by atoms with E-state index < -0.39 is 0 Å². The minimum atomic E-state index is -0.262. The number of hydrogen-bond acceptors (Lipinski definition) is 1. The highest BCUT2D eigenvalue weighted by molar-refractivity contribution is 7.11. The summed E-state index contributed by atoms with van der Waals surface area (Å²) in [5, 5.41) is 0. The van der Waals surface area contributed by atoms with E-state index >= 15 is 0 Å². The van der Waals surface area contributed by atoms with Crippen LogP contribution in [0.4, 0.5) is 4.39 Å². The molecule has 2 heteroatoms. The highest BCUT2D eigenvalue weighted by atomic mass is 32.1. The zero-order valence-electron chi connectivity index (χ0n) is 5.86. The third-order valence-electron chi connectivity index (χ3n) is 1.16. The quantitative estimate of drug-likeness (QED) is 0.617. The van der Waals surface area contributed by atoms with Gasteiger partial charge >= 0.3 is 0 Å². The van der Waals surface area contributed by atoms with Crippen LogP contribution >= 0.6 is 11.3 Å². The molecular weight excluding hydrogens is 147 g/mol. The molecule has 0 aliphatic carbocycles. The second-order valence-electron chi connectivity index (χ2n) is 2.21. The Labute approximate surface area is 64.0 Å². The Hall–Kier alpha value is -0.630. The summed E-state index contributed by atoms with van der Waals surface area (Å²) >= 11 is 1.62. The van der Waals surface area contributed by atoms with E-state index in [0.717, 1.165) is 4.88 Å². The molecule has 0 nitrogen and oxygen atoms in total. The van der Waals surface area contributed by atoms with E-state index in [2.05, 4.69) is 6.58 Å². The SMILES string of the molecule is C=C(F)Cc1ccc(C)s1. The first-order chi connectivity index (χ1) is 4.68. The normalized spacial score (nSPS) is 9.80. The Morgan fingerprint density at radius 3 is 2.80 bits per heavy atom. The van der Waals surface area contributed by atoms with E-state index in [0.29, 0.717) is 6.42 Å². The van der Waals surface area contributed by atoms with Gasteiger partial charge in [0.05, 0.1) is 5.83 Å². The first kappa shape index (κ1) is 7.48. The van der Waals surface area contributed by atoms with E-state index in [1.54, 1.807) is 11.3 Å². The van der Waals surface area contributed by atoms with Crippen molar-refractivity contribution in [2.24, 2.45) is 0 Å². The van der Waals surface area contributed by atoms with Crippen molar-refractivity contribution in [3.8, 4) is 0 Å². The van der Waals surface area contributed by atoms with Crippen LogP contribution in [0, 0.1) is 6.92 Å². The number of rotatable bonds is 2. The standard InChI is InChI=1S/C8H9FS/c1-6(9)5-8-4-3-7(2)10-8/h3-4H,1,5H2,2H3. The van der Waals surface area contributed by atoms with E-state index in [-0.39, 0.29) is 5.83 Å². The van der Waals surface area contributed by atoms with E-state index in [9.17, 15) is 4.39 Å². The summed E-state index contributed by atoms with van der Waals surface area (Å²) in [7, 11) is 0. The Kier molecular flexibility index (Phi) is 2.22. The lowest BCUT2D eigenvalue weighted by atomic mass is 10.3. The van der Waals surface area contributed by atoms with Crippen LogP contribution in [-0.2, 0) is 6.42 Å². The monoisotopic (exact) mass is 156 g/mol. The van der Waals surface area contributed by atoms with Gasteiger partial charge in [0, 0.05) is 16.2 Å². The van der Waals surface area contributed by atoms with Crippen LogP contribution < -0.4 is 0 Å². The van der Waals surface area contributed by atoms with Gasteiger partial charge in [0.25, 0.3) is 0 Å². The van der Waals surface area contributed by atoms with Crippen molar-refractivity contribution < 1.29 is 4.39 Å². The maximum absolute atomic E-state index is 12.2. The summed E-state index contributed by atoms with van der Waals surface area (Å²) in [6.07, 6.45) is 0.374. The summed E-state index contributed by atoms with van der Waals surface area (Å²) in [6, 6.07) is 3.92. The summed E-state index contributed by atoms with van der Waals surface area (Å²) in [5.41, 5.74) is 0. The molecule has 1 aromatic rings. The zero-order valence-corrected chi connectivity index (χ0v) is 6.67. The highest BCUT2D eigenvalue weighted by Crippen LogP contribution is 2.18. The topological polar surface area (TPSA) is 0 Å². The van der Waals surface area contributed by atoms with Crippen LogP contribution in [-0.4, -0.2) is 0 Å². The summed E-state index contributed by atoms with van der Waals surface area (Å²) < 4.78 is 12.2. The molecule has 0 unspecified atom stereocenters. The molecule has 0 radical (unpaired) electrons. The fourth-order valence-corrected chi connectivity index (χ4v) is 1.68. The maximum Gasteiger partial charge on any atom is 0.0980 e. The minimum Gasteiger partial charge on any atom is -0.212 e.